The molecule has 146 valence electrons. The summed E-state index contributed by atoms with van der Waals surface area (Å²) in [5.41, 5.74) is 3.38. The highest BCUT2D eigenvalue weighted by Crippen LogP contribution is 2.22. The van der Waals surface area contributed by atoms with Gasteiger partial charge in [-0.1, -0.05) is 23.9 Å². The largest absolute Gasteiger partial charge is 0.325 e. The maximum Gasteiger partial charge on any atom is 0.261 e. The number of aromatic nitrogens is 4. The number of hydrogen-bond acceptors (Lipinski definition) is 5. The quantitative estimate of drug-likeness (QED) is 0.647. The zero-order valence-electron chi connectivity index (χ0n) is 16.4. The van der Waals surface area contributed by atoms with Gasteiger partial charge in [0.15, 0.2) is 11.0 Å². The summed E-state index contributed by atoms with van der Waals surface area (Å²) >= 11 is 1.28. The van der Waals surface area contributed by atoms with E-state index in [0.29, 0.717) is 23.1 Å². The first-order valence-corrected chi connectivity index (χ1v) is 9.99. The van der Waals surface area contributed by atoms with E-state index in [2.05, 4.69) is 15.5 Å². The molecule has 0 fully saturated rings. The lowest BCUT2D eigenvalue weighted by Gasteiger charge is -2.10. The Balaban J connectivity index is 1.72. The van der Waals surface area contributed by atoms with Gasteiger partial charge in [-0.3, -0.25) is 9.59 Å². The standard InChI is InChI=1S/C20H23N5O2S/c1-5-25-11-7-9-15(19(25)27)18-22-23-20(24(18)4)28-12-17(26)21-16-10-6-8-13(2)14(16)3/h6-11H,5,12H2,1-4H3,(H,21,26). The third kappa shape index (κ3) is 4.01. The van der Waals surface area contributed by atoms with Crippen LogP contribution in [0.3, 0.4) is 0 Å². The van der Waals surface area contributed by atoms with Gasteiger partial charge in [-0.25, -0.2) is 0 Å². The maximum atomic E-state index is 12.5. The molecule has 0 spiro atoms. The number of aryl methyl sites for hydroxylation is 2. The van der Waals surface area contributed by atoms with Crippen LogP contribution in [0, 0.1) is 13.8 Å². The Morgan fingerprint density at radius 1 is 1.18 bits per heavy atom. The number of nitrogens with one attached hydrogen (secondary N) is 1. The molecule has 2 aromatic heterocycles. The summed E-state index contributed by atoms with van der Waals surface area (Å²) in [5, 5.41) is 11.8. The van der Waals surface area contributed by atoms with Gasteiger partial charge in [0, 0.05) is 25.5 Å². The Labute approximate surface area is 167 Å². The van der Waals surface area contributed by atoms with Crippen LogP contribution in [0.2, 0.25) is 0 Å². The number of benzene rings is 1. The van der Waals surface area contributed by atoms with Gasteiger partial charge in [0.05, 0.1) is 11.3 Å². The lowest BCUT2D eigenvalue weighted by Crippen LogP contribution is -2.20. The number of hydrogen-bond donors (Lipinski definition) is 1. The first kappa shape index (κ1) is 19.9. The number of pyridine rings is 1. The average Bonchev–Trinajstić information content (AvgIpc) is 3.04. The summed E-state index contributed by atoms with van der Waals surface area (Å²) in [6.07, 6.45) is 1.75. The van der Waals surface area contributed by atoms with Crippen molar-refractivity contribution in [3.63, 3.8) is 0 Å². The van der Waals surface area contributed by atoms with Crippen LogP contribution in [0.4, 0.5) is 5.69 Å². The summed E-state index contributed by atoms with van der Waals surface area (Å²) in [4.78, 5) is 24.8. The monoisotopic (exact) mass is 397 g/mol. The van der Waals surface area contributed by atoms with E-state index in [4.69, 9.17) is 0 Å². The highest BCUT2D eigenvalue weighted by atomic mass is 32.2. The van der Waals surface area contributed by atoms with Gasteiger partial charge in [0.1, 0.15) is 0 Å². The Morgan fingerprint density at radius 2 is 1.96 bits per heavy atom. The van der Waals surface area contributed by atoms with E-state index in [1.54, 1.807) is 28.4 Å². The molecule has 0 unspecified atom stereocenters. The molecule has 1 amide bonds. The summed E-state index contributed by atoms with van der Waals surface area (Å²) in [5.74, 6) is 0.578. The van der Waals surface area contributed by atoms with Crippen LogP contribution in [0.15, 0.2) is 46.5 Å². The number of carbonyl (C=O) groups is 1. The van der Waals surface area contributed by atoms with Crippen LogP contribution >= 0.6 is 11.8 Å². The number of amides is 1. The number of thioether (sulfide) groups is 1. The van der Waals surface area contributed by atoms with E-state index in [0.717, 1.165) is 16.8 Å². The predicted molar refractivity (Wildman–Crippen MR) is 112 cm³/mol. The van der Waals surface area contributed by atoms with E-state index in [1.807, 2.05) is 45.0 Å². The van der Waals surface area contributed by atoms with Crippen molar-refractivity contribution in [2.45, 2.75) is 32.5 Å². The molecular formula is C20H23N5O2S. The van der Waals surface area contributed by atoms with E-state index in [-0.39, 0.29) is 17.2 Å². The number of rotatable bonds is 6. The van der Waals surface area contributed by atoms with E-state index in [1.165, 1.54) is 11.8 Å². The third-order valence-corrected chi connectivity index (χ3v) is 5.67. The molecule has 1 N–H and O–H groups in total. The first-order valence-electron chi connectivity index (χ1n) is 9.00. The smallest absolute Gasteiger partial charge is 0.261 e. The summed E-state index contributed by atoms with van der Waals surface area (Å²) < 4.78 is 3.36. The molecule has 0 atom stereocenters. The maximum absolute atomic E-state index is 12.5. The van der Waals surface area contributed by atoms with Crippen molar-refractivity contribution in [2.75, 3.05) is 11.1 Å². The SMILES string of the molecule is CCn1cccc(-c2nnc(SCC(=O)Nc3cccc(C)c3C)n2C)c1=O. The molecule has 7 nitrogen and oxygen atoms in total. The molecule has 0 aliphatic heterocycles. The third-order valence-electron chi connectivity index (χ3n) is 4.65. The van der Waals surface area contributed by atoms with Crippen molar-refractivity contribution in [3.8, 4) is 11.4 Å². The molecule has 8 heteroatoms. The van der Waals surface area contributed by atoms with Gasteiger partial charge in [0.25, 0.3) is 5.56 Å². The zero-order chi connectivity index (χ0) is 20.3. The Hall–Kier alpha value is -2.87. The van der Waals surface area contributed by atoms with E-state index < -0.39 is 0 Å². The fourth-order valence-corrected chi connectivity index (χ4v) is 3.55. The Kier molecular flexibility index (Phi) is 5.99. The van der Waals surface area contributed by atoms with Gasteiger partial charge in [0.2, 0.25) is 5.91 Å². The normalized spacial score (nSPS) is 10.9. The molecule has 2 heterocycles. The minimum atomic E-state index is -0.115. The molecule has 0 saturated heterocycles. The second-order valence-corrected chi connectivity index (χ2v) is 7.41. The molecule has 0 aliphatic carbocycles. The second kappa shape index (κ2) is 8.43. The number of nitrogens with zero attached hydrogens (tertiary/aromatic N) is 4. The predicted octanol–water partition coefficient (Wildman–Crippen LogP) is 3.01. The van der Waals surface area contributed by atoms with Crippen molar-refractivity contribution < 1.29 is 4.79 Å². The minimum absolute atomic E-state index is 0.107. The Morgan fingerprint density at radius 3 is 2.71 bits per heavy atom. The zero-order valence-corrected chi connectivity index (χ0v) is 17.2. The first-order chi connectivity index (χ1) is 13.4. The Bertz CT molecular complexity index is 1070. The minimum Gasteiger partial charge on any atom is -0.325 e. The van der Waals surface area contributed by atoms with Crippen molar-refractivity contribution in [1.29, 1.82) is 0 Å². The number of anilines is 1. The lowest BCUT2D eigenvalue weighted by molar-refractivity contribution is -0.113. The fourth-order valence-electron chi connectivity index (χ4n) is 2.83. The molecule has 0 radical (unpaired) electrons. The average molecular weight is 398 g/mol. The second-order valence-electron chi connectivity index (χ2n) is 6.46. The summed E-state index contributed by atoms with van der Waals surface area (Å²) in [6.45, 7) is 6.50. The molecule has 0 aliphatic rings. The lowest BCUT2D eigenvalue weighted by atomic mass is 10.1. The molecular weight excluding hydrogens is 374 g/mol. The van der Waals surface area contributed by atoms with E-state index >= 15 is 0 Å². The fraction of sp³-hybridized carbons (Fsp3) is 0.300. The van der Waals surface area contributed by atoms with Crippen LogP contribution in [0.25, 0.3) is 11.4 Å². The van der Waals surface area contributed by atoms with Gasteiger partial charge >= 0.3 is 0 Å². The van der Waals surface area contributed by atoms with Crippen LogP contribution in [0.5, 0.6) is 0 Å². The van der Waals surface area contributed by atoms with Crippen molar-refractivity contribution in [1.82, 2.24) is 19.3 Å². The van der Waals surface area contributed by atoms with Crippen LogP contribution in [-0.4, -0.2) is 31.0 Å². The number of carbonyl (C=O) groups excluding carboxylic acids is 1. The van der Waals surface area contributed by atoms with Gasteiger partial charge in [-0.2, -0.15) is 0 Å². The molecule has 0 bridgehead atoms. The van der Waals surface area contributed by atoms with Crippen molar-refractivity contribution >= 4 is 23.4 Å². The molecule has 3 rings (SSSR count). The van der Waals surface area contributed by atoms with Crippen molar-refractivity contribution in [3.05, 3.63) is 58.0 Å². The summed E-state index contributed by atoms with van der Waals surface area (Å²) in [7, 11) is 1.79. The molecule has 3 aromatic rings. The van der Waals surface area contributed by atoms with E-state index in [9.17, 15) is 9.59 Å². The molecule has 0 saturated carbocycles. The van der Waals surface area contributed by atoms with Gasteiger partial charge in [-0.05, 0) is 50.1 Å². The van der Waals surface area contributed by atoms with Crippen LogP contribution in [-0.2, 0) is 18.4 Å². The van der Waals surface area contributed by atoms with Gasteiger partial charge in [-0.15, -0.1) is 10.2 Å². The summed E-state index contributed by atoms with van der Waals surface area (Å²) in [6, 6.07) is 9.37. The van der Waals surface area contributed by atoms with Crippen molar-refractivity contribution in [2.24, 2.45) is 7.05 Å². The van der Waals surface area contributed by atoms with Crippen LogP contribution < -0.4 is 10.9 Å². The topological polar surface area (TPSA) is 81.8 Å². The van der Waals surface area contributed by atoms with Crippen LogP contribution in [0.1, 0.15) is 18.1 Å². The molecule has 1 aromatic carbocycles. The highest BCUT2D eigenvalue weighted by molar-refractivity contribution is 7.99. The molecule has 28 heavy (non-hydrogen) atoms. The highest BCUT2D eigenvalue weighted by Gasteiger charge is 2.16. The van der Waals surface area contributed by atoms with Gasteiger partial charge < -0.3 is 14.5 Å².